The monoisotopic (exact) mass is 242 g/mol. The molecular weight excluding hydrogens is 216 g/mol. The van der Waals surface area contributed by atoms with Crippen molar-refractivity contribution in [3.63, 3.8) is 0 Å². The topological polar surface area (TPSA) is 54.1 Å². The molecule has 1 unspecified atom stereocenters. The van der Waals surface area contributed by atoms with Crippen molar-refractivity contribution >= 4 is 5.96 Å². The van der Waals surface area contributed by atoms with Gasteiger partial charge < -0.3 is 20.3 Å². The van der Waals surface area contributed by atoms with E-state index in [2.05, 4.69) is 42.7 Å². The molecule has 1 heterocycles. The van der Waals surface area contributed by atoms with Gasteiger partial charge in [-0.2, -0.15) is 0 Å². The van der Waals surface area contributed by atoms with Gasteiger partial charge in [0.15, 0.2) is 5.96 Å². The third-order valence-electron chi connectivity index (χ3n) is 3.57. The molecule has 1 aliphatic rings. The highest BCUT2D eigenvalue weighted by Crippen LogP contribution is 2.30. The van der Waals surface area contributed by atoms with Gasteiger partial charge in [0.25, 0.3) is 0 Å². The van der Waals surface area contributed by atoms with E-state index >= 15 is 0 Å². The van der Waals surface area contributed by atoms with Crippen LogP contribution in [0.3, 0.4) is 0 Å². The number of aliphatic imine (C=N–C) groups is 1. The minimum Gasteiger partial charge on any atom is -0.382 e. The van der Waals surface area contributed by atoms with E-state index < -0.39 is 0 Å². The molecule has 17 heavy (non-hydrogen) atoms. The summed E-state index contributed by atoms with van der Waals surface area (Å²) < 4.78 is 5.39. The molecule has 0 aromatic rings. The fraction of sp³-hybridized carbons (Fsp3) is 0.917. The van der Waals surface area contributed by atoms with Crippen LogP contribution in [0.5, 0.6) is 0 Å². The highest BCUT2D eigenvalue weighted by Gasteiger charge is 2.44. The lowest BCUT2D eigenvalue weighted by Gasteiger charge is -2.42. The van der Waals surface area contributed by atoms with Crippen LogP contribution in [0.4, 0.5) is 0 Å². The molecule has 1 atom stereocenters. The Morgan fingerprint density at radius 3 is 2.65 bits per heavy atom. The fourth-order valence-corrected chi connectivity index (χ4v) is 2.29. The first-order chi connectivity index (χ1) is 7.94. The Kier molecular flexibility index (Phi) is 4.77. The lowest BCUT2D eigenvalue weighted by Crippen LogP contribution is -2.59. The minimum atomic E-state index is -0.0746. The van der Waals surface area contributed by atoms with Crippen LogP contribution in [0.15, 0.2) is 4.99 Å². The number of methoxy groups -OCH3 is 1. The van der Waals surface area contributed by atoms with Gasteiger partial charge in [0.1, 0.15) is 0 Å². The number of hydrogen-bond donors (Lipinski definition) is 1. The summed E-state index contributed by atoms with van der Waals surface area (Å²) in [6.45, 7) is 7.67. The molecule has 1 aliphatic heterocycles. The molecular formula is C12H26N4O. The Morgan fingerprint density at radius 2 is 2.18 bits per heavy atom. The summed E-state index contributed by atoms with van der Waals surface area (Å²) in [4.78, 5) is 8.78. The smallest absolute Gasteiger partial charge is 0.192 e. The molecule has 100 valence electrons. The lowest BCUT2D eigenvalue weighted by molar-refractivity contribution is 0.0317. The molecule has 0 amide bonds. The first-order valence-electron chi connectivity index (χ1n) is 6.15. The van der Waals surface area contributed by atoms with E-state index in [9.17, 15) is 0 Å². The summed E-state index contributed by atoms with van der Waals surface area (Å²) in [6.07, 6.45) is 0. The predicted octanol–water partition coefficient (Wildman–Crippen LogP) is 0.220. The normalized spacial score (nSPS) is 24.9. The molecule has 5 heteroatoms. The van der Waals surface area contributed by atoms with Crippen LogP contribution in [0.25, 0.3) is 0 Å². The summed E-state index contributed by atoms with van der Waals surface area (Å²) in [6, 6.07) is 0. The third-order valence-corrected chi connectivity index (χ3v) is 3.57. The van der Waals surface area contributed by atoms with Gasteiger partial charge in [-0.15, -0.1) is 0 Å². The predicted molar refractivity (Wildman–Crippen MR) is 71.2 cm³/mol. The van der Waals surface area contributed by atoms with Gasteiger partial charge in [0, 0.05) is 20.2 Å². The second kappa shape index (κ2) is 5.69. The van der Waals surface area contributed by atoms with Gasteiger partial charge in [0.2, 0.25) is 0 Å². The first kappa shape index (κ1) is 14.3. The summed E-state index contributed by atoms with van der Waals surface area (Å²) in [5.74, 6) is 1.10. The van der Waals surface area contributed by atoms with Crippen LogP contribution in [0, 0.1) is 5.92 Å². The van der Waals surface area contributed by atoms with E-state index in [4.69, 9.17) is 10.5 Å². The molecule has 0 fully saturated rings. The molecule has 0 aromatic carbocycles. The number of rotatable bonds is 6. The van der Waals surface area contributed by atoms with Crippen LogP contribution in [0.2, 0.25) is 0 Å². The van der Waals surface area contributed by atoms with Crippen molar-refractivity contribution in [2.24, 2.45) is 16.6 Å². The SMILES string of the molecule is COCC1(C(C)C)CN=C(N)N1CCN(C)C. The van der Waals surface area contributed by atoms with Crippen LogP contribution in [-0.4, -0.2) is 68.7 Å². The molecule has 5 nitrogen and oxygen atoms in total. The number of nitrogens with two attached hydrogens (primary N) is 1. The lowest BCUT2D eigenvalue weighted by atomic mass is 9.86. The summed E-state index contributed by atoms with van der Waals surface area (Å²) >= 11 is 0. The average molecular weight is 242 g/mol. The molecule has 0 spiro atoms. The van der Waals surface area contributed by atoms with Crippen molar-refractivity contribution in [2.45, 2.75) is 19.4 Å². The van der Waals surface area contributed by atoms with E-state index in [-0.39, 0.29) is 5.54 Å². The van der Waals surface area contributed by atoms with Crippen LogP contribution in [-0.2, 0) is 4.74 Å². The van der Waals surface area contributed by atoms with Crippen molar-refractivity contribution in [1.29, 1.82) is 0 Å². The zero-order valence-electron chi connectivity index (χ0n) is 11.7. The van der Waals surface area contributed by atoms with Crippen molar-refractivity contribution in [3.05, 3.63) is 0 Å². The van der Waals surface area contributed by atoms with E-state index in [1.165, 1.54) is 0 Å². The van der Waals surface area contributed by atoms with Gasteiger partial charge >= 0.3 is 0 Å². The Hall–Kier alpha value is -0.810. The van der Waals surface area contributed by atoms with Crippen LogP contribution in [0.1, 0.15) is 13.8 Å². The van der Waals surface area contributed by atoms with E-state index in [1.807, 2.05) is 0 Å². The van der Waals surface area contributed by atoms with Crippen molar-refractivity contribution < 1.29 is 4.74 Å². The number of ether oxygens (including phenoxy) is 1. The first-order valence-corrected chi connectivity index (χ1v) is 6.15. The Balaban J connectivity index is 2.81. The van der Waals surface area contributed by atoms with Gasteiger partial charge in [-0.1, -0.05) is 13.8 Å². The summed E-state index contributed by atoms with van der Waals surface area (Å²) in [5, 5.41) is 0. The molecule has 0 saturated heterocycles. The van der Waals surface area contributed by atoms with Gasteiger partial charge in [-0.05, 0) is 20.0 Å². The third kappa shape index (κ3) is 2.90. The van der Waals surface area contributed by atoms with Crippen LogP contribution < -0.4 is 5.73 Å². The maximum absolute atomic E-state index is 6.01. The van der Waals surface area contributed by atoms with Crippen LogP contribution >= 0.6 is 0 Å². The van der Waals surface area contributed by atoms with Crippen molar-refractivity contribution in [3.8, 4) is 0 Å². The van der Waals surface area contributed by atoms with E-state index in [0.29, 0.717) is 18.5 Å². The Morgan fingerprint density at radius 1 is 1.53 bits per heavy atom. The fourth-order valence-electron chi connectivity index (χ4n) is 2.29. The minimum absolute atomic E-state index is 0.0746. The zero-order chi connectivity index (χ0) is 13.1. The zero-order valence-corrected chi connectivity index (χ0v) is 11.7. The second-order valence-electron chi connectivity index (χ2n) is 5.32. The highest BCUT2D eigenvalue weighted by molar-refractivity contribution is 5.81. The quantitative estimate of drug-likeness (QED) is 0.724. The number of hydrogen-bond acceptors (Lipinski definition) is 5. The Bertz CT molecular complexity index is 278. The highest BCUT2D eigenvalue weighted by atomic mass is 16.5. The average Bonchev–Trinajstić information content (AvgIpc) is 2.55. The molecule has 0 aromatic heterocycles. The molecule has 0 bridgehead atoms. The number of guanidine groups is 1. The second-order valence-corrected chi connectivity index (χ2v) is 5.32. The largest absolute Gasteiger partial charge is 0.382 e. The standard InChI is InChI=1S/C12H26N4O/c1-10(2)12(9-17-5)8-14-11(13)16(12)7-6-15(3)4/h10H,6-9H2,1-5H3,(H2,13,14). The number of likely N-dealkylation sites (N-methyl/N-ethyl adjacent to an activating group) is 1. The molecule has 1 rings (SSSR count). The van der Waals surface area contributed by atoms with E-state index in [1.54, 1.807) is 7.11 Å². The van der Waals surface area contributed by atoms with Gasteiger partial charge in [-0.3, -0.25) is 4.99 Å². The maximum atomic E-state index is 6.01. The maximum Gasteiger partial charge on any atom is 0.192 e. The summed E-state index contributed by atoms with van der Waals surface area (Å²) in [7, 11) is 5.87. The molecule has 0 radical (unpaired) electrons. The molecule has 0 aliphatic carbocycles. The van der Waals surface area contributed by atoms with Crippen molar-refractivity contribution in [1.82, 2.24) is 9.80 Å². The van der Waals surface area contributed by atoms with Gasteiger partial charge in [0.05, 0.1) is 18.7 Å². The molecule has 0 saturated carbocycles. The van der Waals surface area contributed by atoms with E-state index in [0.717, 1.165) is 19.6 Å². The Labute approximate surface area is 105 Å². The van der Waals surface area contributed by atoms with Crippen molar-refractivity contribution in [2.75, 3.05) is 47.4 Å². The summed E-state index contributed by atoms with van der Waals surface area (Å²) in [5.41, 5.74) is 5.94. The molecule has 2 N–H and O–H groups in total. The van der Waals surface area contributed by atoms with Gasteiger partial charge in [-0.25, -0.2) is 0 Å². The number of nitrogens with zero attached hydrogens (tertiary/aromatic N) is 3.